The number of hydrogen-bond acceptors (Lipinski definition) is 3. The lowest BCUT2D eigenvalue weighted by molar-refractivity contribution is -0.137. The van der Waals surface area contributed by atoms with Crippen molar-refractivity contribution in [2.75, 3.05) is 20.1 Å². The Labute approximate surface area is 137 Å². The quantitative estimate of drug-likeness (QED) is 0.915. The highest BCUT2D eigenvalue weighted by molar-refractivity contribution is 5.61. The highest BCUT2D eigenvalue weighted by Crippen LogP contribution is 2.36. The van der Waals surface area contributed by atoms with Crippen molar-refractivity contribution in [3.05, 3.63) is 51.9 Å². The summed E-state index contributed by atoms with van der Waals surface area (Å²) in [5.74, 6) is 0.0292. The first-order valence-electron chi connectivity index (χ1n) is 7.81. The molecule has 1 fully saturated rings. The molecule has 1 atom stereocenters. The molecule has 0 amide bonds. The van der Waals surface area contributed by atoms with Crippen molar-refractivity contribution in [2.24, 2.45) is 0 Å². The van der Waals surface area contributed by atoms with Crippen LogP contribution in [0.15, 0.2) is 35.1 Å². The van der Waals surface area contributed by atoms with E-state index in [1.165, 1.54) is 24.3 Å². The van der Waals surface area contributed by atoms with E-state index in [1.807, 2.05) is 7.05 Å². The second kappa shape index (κ2) is 6.39. The number of benzene rings is 1. The Bertz CT molecular complexity index is 785. The van der Waals surface area contributed by atoms with Gasteiger partial charge in [-0.1, -0.05) is 18.2 Å². The van der Waals surface area contributed by atoms with Gasteiger partial charge in [0, 0.05) is 24.1 Å². The number of H-pyrrole nitrogens is 1. The number of likely N-dealkylation sites (N-methyl/N-ethyl adjacent to an activating group) is 1. The first-order chi connectivity index (χ1) is 11.3. The summed E-state index contributed by atoms with van der Waals surface area (Å²) in [7, 11) is 1.99. The SMILES string of the molecule is CN1CCC[C@@H](c2cc(=O)[nH]c(-c3ccccc3C(F)(F)F)n2)C1. The molecule has 0 saturated carbocycles. The fraction of sp³-hybridized carbons (Fsp3) is 0.412. The van der Waals surface area contributed by atoms with Crippen LogP contribution in [0, 0.1) is 0 Å². The normalized spacial score (nSPS) is 19.4. The highest BCUT2D eigenvalue weighted by atomic mass is 19.4. The number of nitrogens with zero attached hydrogens (tertiary/aromatic N) is 2. The van der Waals surface area contributed by atoms with Crippen LogP contribution in [0.1, 0.15) is 30.0 Å². The van der Waals surface area contributed by atoms with Crippen molar-refractivity contribution in [3.63, 3.8) is 0 Å². The van der Waals surface area contributed by atoms with Crippen LogP contribution < -0.4 is 5.56 Å². The summed E-state index contributed by atoms with van der Waals surface area (Å²) in [6, 6.07) is 6.55. The molecule has 4 nitrogen and oxygen atoms in total. The molecule has 1 aliphatic heterocycles. The maximum Gasteiger partial charge on any atom is 0.417 e. The second-order valence-corrected chi connectivity index (χ2v) is 6.16. The lowest BCUT2D eigenvalue weighted by Gasteiger charge is -2.29. The summed E-state index contributed by atoms with van der Waals surface area (Å²) in [5.41, 5.74) is -0.781. The van der Waals surface area contributed by atoms with E-state index < -0.39 is 17.3 Å². The Kier molecular flexibility index (Phi) is 4.45. The molecule has 2 aromatic rings. The zero-order valence-electron chi connectivity index (χ0n) is 13.2. The van der Waals surface area contributed by atoms with E-state index in [0.717, 1.165) is 32.0 Å². The standard InChI is InChI=1S/C17H18F3N3O/c1-23-8-4-5-11(10-23)14-9-15(24)22-16(21-14)12-6-2-3-7-13(12)17(18,19)20/h2-3,6-7,9,11H,4-5,8,10H2,1H3,(H,21,22,24)/t11-/m1/s1. The third-order valence-electron chi connectivity index (χ3n) is 4.29. The molecule has 3 rings (SSSR count). The van der Waals surface area contributed by atoms with E-state index in [4.69, 9.17) is 0 Å². The zero-order chi connectivity index (χ0) is 17.3. The van der Waals surface area contributed by atoms with Crippen molar-refractivity contribution < 1.29 is 13.2 Å². The van der Waals surface area contributed by atoms with Crippen LogP contribution in [0.2, 0.25) is 0 Å². The van der Waals surface area contributed by atoms with Crippen molar-refractivity contribution in [1.82, 2.24) is 14.9 Å². The molecule has 0 spiro atoms. The number of rotatable bonds is 2. The van der Waals surface area contributed by atoms with Gasteiger partial charge in [0.05, 0.1) is 11.3 Å². The van der Waals surface area contributed by atoms with Gasteiger partial charge in [-0.3, -0.25) is 4.79 Å². The summed E-state index contributed by atoms with van der Waals surface area (Å²) < 4.78 is 39.6. The number of aromatic amines is 1. The molecule has 128 valence electrons. The summed E-state index contributed by atoms with van der Waals surface area (Å²) in [6.45, 7) is 1.72. The maximum absolute atomic E-state index is 13.2. The van der Waals surface area contributed by atoms with Gasteiger partial charge in [-0.15, -0.1) is 0 Å². The minimum Gasteiger partial charge on any atom is -0.307 e. The molecule has 0 aliphatic carbocycles. The lowest BCUT2D eigenvalue weighted by Crippen LogP contribution is -2.32. The Hall–Kier alpha value is -2.15. The monoisotopic (exact) mass is 337 g/mol. The predicted molar refractivity (Wildman–Crippen MR) is 84.8 cm³/mol. The zero-order valence-corrected chi connectivity index (χ0v) is 13.2. The number of piperidine rings is 1. The number of alkyl halides is 3. The number of halogens is 3. The van der Waals surface area contributed by atoms with E-state index in [-0.39, 0.29) is 17.3 Å². The Balaban J connectivity index is 2.06. The van der Waals surface area contributed by atoms with E-state index in [9.17, 15) is 18.0 Å². The van der Waals surface area contributed by atoms with Crippen molar-refractivity contribution in [2.45, 2.75) is 24.9 Å². The maximum atomic E-state index is 13.2. The third-order valence-corrected chi connectivity index (χ3v) is 4.29. The molecular formula is C17H18F3N3O. The number of hydrogen-bond donors (Lipinski definition) is 1. The van der Waals surface area contributed by atoms with Crippen LogP contribution in [0.4, 0.5) is 13.2 Å². The van der Waals surface area contributed by atoms with E-state index in [2.05, 4.69) is 14.9 Å². The fourth-order valence-corrected chi connectivity index (χ4v) is 3.16. The van der Waals surface area contributed by atoms with E-state index in [1.54, 1.807) is 0 Å². The van der Waals surface area contributed by atoms with Crippen molar-refractivity contribution in [3.8, 4) is 11.4 Å². The van der Waals surface area contributed by atoms with Gasteiger partial charge in [0.25, 0.3) is 5.56 Å². The Morgan fingerprint density at radius 2 is 2.04 bits per heavy atom. The van der Waals surface area contributed by atoms with Gasteiger partial charge in [0.15, 0.2) is 0 Å². The third kappa shape index (κ3) is 3.51. The van der Waals surface area contributed by atoms with Crippen molar-refractivity contribution in [1.29, 1.82) is 0 Å². The van der Waals surface area contributed by atoms with Crippen LogP contribution in [0.5, 0.6) is 0 Å². The molecule has 2 heterocycles. The molecule has 0 bridgehead atoms. The number of nitrogens with one attached hydrogen (secondary N) is 1. The minimum atomic E-state index is -4.50. The smallest absolute Gasteiger partial charge is 0.307 e. The van der Waals surface area contributed by atoms with Gasteiger partial charge in [-0.25, -0.2) is 4.98 Å². The van der Waals surface area contributed by atoms with Gasteiger partial charge in [-0.2, -0.15) is 13.2 Å². The molecule has 1 saturated heterocycles. The number of likely N-dealkylation sites (tertiary alicyclic amines) is 1. The molecule has 24 heavy (non-hydrogen) atoms. The first-order valence-corrected chi connectivity index (χ1v) is 7.81. The average Bonchev–Trinajstić information content (AvgIpc) is 2.53. The van der Waals surface area contributed by atoms with Crippen LogP contribution in [0.3, 0.4) is 0 Å². The van der Waals surface area contributed by atoms with Gasteiger partial charge in [-0.05, 0) is 32.5 Å². The largest absolute Gasteiger partial charge is 0.417 e. The molecular weight excluding hydrogens is 319 g/mol. The minimum absolute atomic E-state index is 0.0290. The lowest BCUT2D eigenvalue weighted by atomic mass is 9.94. The second-order valence-electron chi connectivity index (χ2n) is 6.16. The molecule has 1 aromatic carbocycles. The molecule has 0 radical (unpaired) electrons. The summed E-state index contributed by atoms with van der Waals surface area (Å²) in [4.78, 5) is 20.9. The molecule has 1 aliphatic rings. The van der Waals surface area contributed by atoms with E-state index in [0.29, 0.717) is 5.69 Å². The summed E-state index contributed by atoms with van der Waals surface area (Å²) in [6.07, 6.45) is -2.65. The van der Waals surface area contributed by atoms with Gasteiger partial charge in [0.1, 0.15) is 5.82 Å². The van der Waals surface area contributed by atoms with Crippen LogP contribution in [-0.2, 0) is 6.18 Å². The van der Waals surface area contributed by atoms with Crippen LogP contribution in [-0.4, -0.2) is 35.0 Å². The first kappa shape index (κ1) is 16.7. The van der Waals surface area contributed by atoms with Crippen LogP contribution >= 0.6 is 0 Å². The topological polar surface area (TPSA) is 49.0 Å². The molecule has 0 unspecified atom stereocenters. The number of aromatic nitrogens is 2. The summed E-state index contributed by atoms with van der Waals surface area (Å²) >= 11 is 0. The van der Waals surface area contributed by atoms with Gasteiger partial charge < -0.3 is 9.88 Å². The molecule has 1 aromatic heterocycles. The summed E-state index contributed by atoms with van der Waals surface area (Å²) in [5, 5.41) is 0. The van der Waals surface area contributed by atoms with Gasteiger partial charge in [0.2, 0.25) is 0 Å². The van der Waals surface area contributed by atoms with Crippen molar-refractivity contribution >= 4 is 0 Å². The molecule has 7 heteroatoms. The Morgan fingerprint density at radius 1 is 1.29 bits per heavy atom. The van der Waals surface area contributed by atoms with Gasteiger partial charge >= 0.3 is 6.18 Å². The molecule has 1 N–H and O–H groups in total. The average molecular weight is 337 g/mol. The predicted octanol–water partition coefficient (Wildman–Crippen LogP) is 3.26. The fourth-order valence-electron chi connectivity index (χ4n) is 3.16. The highest BCUT2D eigenvalue weighted by Gasteiger charge is 2.34. The van der Waals surface area contributed by atoms with E-state index >= 15 is 0 Å². The Morgan fingerprint density at radius 3 is 2.75 bits per heavy atom. The van der Waals surface area contributed by atoms with Crippen LogP contribution in [0.25, 0.3) is 11.4 Å².